The van der Waals surface area contributed by atoms with Crippen LogP contribution >= 0.6 is 0 Å². The molecule has 0 saturated heterocycles. The van der Waals surface area contributed by atoms with Crippen LogP contribution in [0.1, 0.15) is 6.92 Å². The molecule has 0 aliphatic carbocycles. The van der Waals surface area contributed by atoms with Crippen LogP contribution in [0.5, 0.6) is 0 Å². The third-order valence-corrected chi connectivity index (χ3v) is 1.07. The molecule has 0 radical (unpaired) electrons. The van der Waals surface area contributed by atoms with Crippen LogP contribution in [0.15, 0.2) is 0 Å². The molecule has 0 amide bonds. The van der Waals surface area contributed by atoms with Gasteiger partial charge in [-0.2, -0.15) is 13.2 Å². The number of hydrogen-bond donors (Lipinski definition) is 1. The second-order valence-corrected chi connectivity index (χ2v) is 2.35. The normalized spacial score (nSPS) is 15.0. The van der Waals surface area contributed by atoms with E-state index in [9.17, 15) is 13.2 Å². The summed E-state index contributed by atoms with van der Waals surface area (Å²) in [5, 5.41) is 2.27. The zero-order chi connectivity index (χ0) is 8.91. The van der Waals surface area contributed by atoms with E-state index >= 15 is 0 Å². The Hall–Kier alpha value is -0.290. The lowest BCUT2D eigenvalue weighted by molar-refractivity contribution is -0.126. The van der Waals surface area contributed by atoms with E-state index in [0.717, 1.165) is 0 Å². The van der Waals surface area contributed by atoms with Gasteiger partial charge in [0.25, 0.3) is 0 Å². The smallest absolute Gasteiger partial charge is 0.383 e. The van der Waals surface area contributed by atoms with Gasteiger partial charge in [0, 0.05) is 13.2 Å². The maximum atomic E-state index is 11.6. The predicted molar refractivity (Wildman–Crippen MR) is 35.4 cm³/mol. The van der Waals surface area contributed by atoms with Gasteiger partial charge in [-0.05, 0) is 6.92 Å². The van der Waals surface area contributed by atoms with E-state index in [0.29, 0.717) is 0 Å². The first-order valence-corrected chi connectivity index (χ1v) is 3.25. The Morgan fingerprint density at radius 1 is 1.45 bits per heavy atom. The van der Waals surface area contributed by atoms with Gasteiger partial charge < -0.3 is 10.1 Å². The van der Waals surface area contributed by atoms with Crippen LogP contribution in [0.25, 0.3) is 0 Å². The lowest BCUT2D eigenvalue weighted by Gasteiger charge is -2.13. The molecule has 1 N–H and O–H groups in total. The van der Waals surface area contributed by atoms with E-state index < -0.39 is 12.7 Å². The third kappa shape index (κ3) is 7.61. The molecule has 0 saturated carbocycles. The quantitative estimate of drug-likeness (QED) is 0.685. The van der Waals surface area contributed by atoms with Crippen molar-refractivity contribution in [3.8, 4) is 0 Å². The molecule has 5 heteroatoms. The van der Waals surface area contributed by atoms with Crippen LogP contribution in [-0.2, 0) is 4.74 Å². The number of ether oxygens (including phenoxy) is 1. The van der Waals surface area contributed by atoms with E-state index in [1.54, 1.807) is 6.92 Å². The second-order valence-electron chi connectivity index (χ2n) is 2.35. The second kappa shape index (κ2) is 4.56. The van der Waals surface area contributed by atoms with Crippen molar-refractivity contribution in [2.75, 3.05) is 20.3 Å². The summed E-state index contributed by atoms with van der Waals surface area (Å²) in [6.45, 7) is 0.961. The fourth-order valence-electron chi connectivity index (χ4n) is 0.599. The zero-order valence-electron chi connectivity index (χ0n) is 6.53. The first-order chi connectivity index (χ1) is 4.95. The average Bonchev–Trinajstić information content (AvgIpc) is 1.83. The zero-order valence-corrected chi connectivity index (χ0v) is 6.53. The molecule has 0 aromatic rings. The highest BCUT2D eigenvalue weighted by Crippen LogP contribution is 2.12. The monoisotopic (exact) mass is 171 g/mol. The van der Waals surface area contributed by atoms with E-state index in [4.69, 9.17) is 0 Å². The molecule has 1 atom stereocenters. The van der Waals surface area contributed by atoms with Crippen molar-refractivity contribution in [1.82, 2.24) is 5.32 Å². The highest BCUT2D eigenvalue weighted by atomic mass is 19.4. The summed E-state index contributed by atoms with van der Waals surface area (Å²) >= 11 is 0. The number of alkyl halides is 3. The molecular formula is C6H12F3NO. The molecule has 68 valence electrons. The van der Waals surface area contributed by atoms with Gasteiger partial charge in [0.1, 0.15) is 0 Å². The van der Waals surface area contributed by atoms with E-state index in [1.807, 2.05) is 0 Å². The summed E-state index contributed by atoms with van der Waals surface area (Å²) in [5.74, 6) is 0. The van der Waals surface area contributed by atoms with E-state index in [1.165, 1.54) is 7.11 Å². The lowest BCUT2D eigenvalue weighted by Crippen LogP contribution is -2.37. The van der Waals surface area contributed by atoms with Crippen molar-refractivity contribution in [2.24, 2.45) is 0 Å². The van der Waals surface area contributed by atoms with Gasteiger partial charge >= 0.3 is 6.18 Å². The maximum Gasteiger partial charge on any atom is 0.401 e. The van der Waals surface area contributed by atoms with Crippen molar-refractivity contribution in [2.45, 2.75) is 19.1 Å². The molecule has 0 fully saturated rings. The fraction of sp³-hybridized carbons (Fsp3) is 1.00. The maximum absolute atomic E-state index is 11.6. The van der Waals surface area contributed by atoms with Gasteiger partial charge in [0.15, 0.2) is 0 Å². The third-order valence-electron chi connectivity index (χ3n) is 1.07. The van der Waals surface area contributed by atoms with Crippen LogP contribution in [0.4, 0.5) is 13.2 Å². The molecule has 2 nitrogen and oxygen atoms in total. The standard InChI is InChI=1S/C6H12F3NO/c1-5(3-11-2)10-4-6(7,8)9/h5,10H,3-4H2,1-2H3/t5-/m1/s1. The number of nitrogens with one attached hydrogen (secondary N) is 1. The fourth-order valence-corrected chi connectivity index (χ4v) is 0.599. The van der Waals surface area contributed by atoms with Gasteiger partial charge in [-0.25, -0.2) is 0 Å². The summed E-state index contributed by atoms with van der Waals surface area (Å²) in [7, 11) is 1.45. The number of halogens is 3. The summed E-state index contributed by atoms with van der Waals surface area (Å²) < 4.78 is 39.3. The van der Waals surface area contributed by atoms with Gasteiger partial charge in [-0.3, -0.25) is 0 Å². The van der Waals surface area contributed by atoms with E-state index in [2.05, 4.69) is 10.1 Å². The van der Waals surface area contributed by atoms with E-state index in [-0.39, 0.29) is 12.6 Å². The molecule has 0 bridgehead atoms. The molecule has 0 unspecified atom stereocenters. The predicted octanol–water partition coefficient (Wildman–Crippen LogP) is 1.17. The number of hydrogen-bond acceptors (Lipinski definition) is 2. The van der Waals surface area contributed by atoms with Crippen LogP contribution in [0, 0.1) is 0 Å². The Morgan fingerprint density at radius 3 is 2.36 bits per heavy atom. The SMILES string of the molecule is COC[C@@H](C)NCC(F)(F)F. The first kappa shape index (κ1) is 10.7. The van der Waals surface area contributed by atoms with Crippen molar-refractivity contribution < 1.29 is 17.9 Å². The summed E-state index contributed by atoms with van der Waals surface area (Å²) in [6, 6.07) is -0.262. The highest BCUT2D eigenvalue weighted by Gasteiger charge is 2.27. The van der Waals surface area contributed by atoms with Crippen molar-refractivity contribution in [1.29, 1.82) is 0 Å². The highest BCUT2D eigenvalue weighted by molar-refractivity contribution is 4.62. The Balaban J connectivity index is 3.38. The molecule has 0 spiro atoms. The van der Waals surface area contributed by atoms with Crippen LogP contribution in [0.2, 0.25) is 0 Å². The summed E-state index contributed by atoms with van der Waals surface area (Å²) in [6.07, 6.45) is -4.14. The average molecular weight is 171 g/mol. The minimum Gasteiger partial charge on any atom is -0.383 e. The molecule has 0 aromatic heterocycles. The Bertz CT molecular complexity index is 104. The lowest BCUT2D eigenvalue weighted by atomic mass is 10.3. The summed E-state index contributed by atoms with van der Waals surface area (Å²) in [5.41, 5.74) is 0. The molecule has 0 aromatic carbocycles. The van der Waals surface area contributed by atoms with Gasteiger partial charge in [-0.15, -0.1) is 0 Å². The largest absolute Gasteiger partial charge is 0.401 e. The van der Waals surface area contributed by atoms with Crippen molar-refractivity contribution in [3.05, 3.63) is 0 Å². The van der Waals surface area contributed by atoms with Crippen LogP contribution in [0.3, 0.4) is 0 Å². The van der Waals surface area contributed by atoms with Crippen LogP contribution < -0.4 is 5.32 Å². The van der Waals surface area contributed by atoms with Gasteiger partial charge in [0.05, 0.1) is 13.2 Å². The molecule has 11 heavy (non-hydrogen) atoms. The molecular weight excluding hydrogens is 159 g/mol. The number of methoxy groups -OCH3 is 1. The Labute approximate surface area is 63.7 Å². The topological polar surface area (TPSA) is 21.3 Å². The minimum absolute atomic E-state index is 0.262. The Morgan fingerprint density at radius 2 is 2.00 bits per heavy atom. The molecule has 0 aliphatic heterocycles. The van der Waals surface area contributed by atoms with Gasteiger partial charge in [-0.1, -0.05) is 0 Å². The first-order valence-electron chi connectivity index (χ1n) is 3.25. The minimum atomic E-state index is -4.14. The Kier molecular flexibility index (Phi) is 4.44. The van der Waals surface area contributed by atoms with Crippen molar-refractivity contribution >= 4 is 0 Å². The molecule has 0 heterocycles. The van der Waals surface area contributed by atoms with Gasteiger partial charge in [0.2, 0.25) is 0 Å². The van der Waals surface area contributed by atoms with Crippen molar-refractivity contribution in [3.63, 3.8) is 0 Å². The molecule has 0 aliphatic rings. The molecule has 0 rings (SSSR count). The summed E-state index contributed by atoms with van der Waals surface area (Å²) in [4.78, 5) is 0. The number of rotatable bonds is 4. The van der Waals surface area contributed by atoms with Crippen LogP contribution in [-0.4, -0.2) is 32.5 Å².